The first-order chi connectivity index (χ1) is 9.55. The van der Waals surface area contributed by atoms with E-state index in [0.717, 1.165) is 11.3 Å². The zero-order valence-corrected chi connectivity index (χ0v) is 11.4. The summed E-state index contributed by atoms with van der Waals surface area (Å²) in [5.41, 5.74) is -3.19. The van der Waals surface area contributed by atoms with E-state index < -0.39 is 23.5 Å². The normalized spacial score (nSPS) is 12.5. The number of aromatic nitrogens is 2. The van der Waals surface area contributed by atoms with Crippen LogP contribution in [0.1, 0.15) is 11.1 Å². The number of halogens is 6. The Balaban J connectivity index is 2.47. The van der Waals surface area contributed by atoms with Gasteiger partial charge in [0.15, 0.2) is 3.95 Å². The lowest BCUT2D eigenvalue weighted by molar-refractivity contribution is -0.143. The minimum Gasteiger partial charge on any atom is -0.330 e. The highest BCUT2D eigenvalue weighted by Gasteiger charge is 2.36. The number of H-pyrrole nitrogens is 1. The van der Waals surface area contributed by atoms with Crippen LogP contribution in [0.4, 0.5) is 37.2 Å². The van der Waals surface area contributed by atoms with Crippen molar-refractivity contribution in [1.29, 1.82) is 0 Å². The van der Waals surface area contributed by atoms with Gasteiger partial charge < -0.3 is 5.32 Å². The van der Waals surface area contributed by atoms with Gasteiger partial charge in [-0.25, -0.2) is 0 Å². The molecule has 1 heterocycles. The SMILES string of the molecule is FC(F)(F)c1cc(Nc2n[nH]c(=S)s2)cc(C(F)(F)F)c1. The number of hydrogen-bond donors (Lipinski definition) is 2. The number of benzene rings is 1. The number of anilines is 2. The molecule has 1 aromatic carbocycles. The number of rotatable bonds is 2. The molecule has 0 radical (unpaired) electrons. The van der Waals surface area contributed by atoms with Crippen LogP contribution in [0.15, 0.2) is 18.2 Å². The summed E-state index contributed by atoms with van der Waals surface area (Å²) in [6.07, 6.45) is -9.79. The summed E-state index contributed by atoms with van der Waals surface area (Å²) in [5.74, 6) is 0. The Kier molecular flexibility index (Phi) is 3.97. The second-order valence-corrected chi connectivity index (χ2v) is 5.50. The molecule has 1 aromatic heterocycles. The summed E-state index contributed by atoms with van der Waals surface area (Å²) >= 11 is 5.60. The maximum absolute atomic E-state index is 12.6. The average Bonchev–Trinajstić information content (AvgIpc) is 2.72. The molecule has 21 heavy (non-hydrogen) atoms. The molecule has 3 nitrogen and oxygen atoms in total. The molecular formula is C10H5F6N3S2. The zero-order valence-electron chi connectivity index (χ0n) is 9.76. The Morgan fingerprint density at radius 1 is 1.00 bits per heavy atom. The molecule has 0 aliphatic heterocycles. The van der Waals surface area contributed by atoms with Crippen LogP contribution in [0.25, 0.3) is 0 Å². The van der Waals surface area contributed by atoms with Gasteiger partial charge in [0.05, 0.1) is 11.1 Å². The van der Waals surface area contributed by atoms with Gasteiger partial charge in [0.1, 0.15) is 0 Å². The predicted molar refractivity (Wildman–Crippen MR) is 67.0 cm³/mol. The van der Waals surface area contributed by atoms with E-state index in [1.54, 1.807) is 0 Å². The van der Waals surface area contributed by atoms with E-state index in [9.17, 15) is 26.3 Å². The van der Waals surface area contributed by atoms with E-state index in [1.807, 2.05) is 0 Å². The molecule has 0 fully saturated rings. The topological polar surface area (TPSA) is 40.7 Å². The highest BCUT2D eigenvalue weighted by atomic mass is 32.1. The van der Waals surface area contributed by atoms with E-state index >= 15 is 0 Å². The highest BCUT2D eigenvalue weighted by molar-refractivity contribution is 7.73. The number of aromatic amines is 1. The number of hydrogen-bond acceptors (Lipinski definition) is 4. The quantitative estimate of drug-likeness (QED) is 0.596. The fraction of sp³-hybridized carbons (Fsp3) is 0.200. The van der Waals surface area contributed by atoms with E-state index in [-0.39, 0.29) is 20.8 Å². The maximum Gasteiger partial charge on any atom is 0.416 e. The molecule has 0 spiro atoms. The third kappa shape index (κ3) is 3.94. The fourth-order valence-electron chi connectivity index (χ4n) is 1.43. The van der Waals surface area contributed by atoms with Crippen molar-refractivity contribution in [3.8, 4) is 0 Å². The van der Waals surface area contributed by atoms with Crippen molar-refractivity contribution < 1.29 is 26.3 Å². The average molecular weight is 345 g/mol. The van der Waals surface area contributed by atoms with Gasteiger partial charge in [-0.1, -0.05) is 11.3 Å². The lowest BCUT2D eigenvalue weighted by Crippen LogP contribution is -2.11. The van der Waals surface area contributed by atoms with Gasteiger partial charge in [0, 0.05) is 5.69 Å². The molecule has 114 valence electrons. The summed E-state index contributed by atoms with van der Waals surface area (Å²) in [7, 11) is 0. The third-order valence-corrected chi connectivity index (χ3v) is 3.28. The first-order valence-electron chi connectivity index (χ1n) is 5.18. The molecule has 0 aliphatic carbocycles. The third-order valence-electron chi connectivity index (χ3n) is 2.28. The summed E-state index contributed by atoms with van der Waals surface area (Å²) in [4.78, 5) is 0. The van der Waals surface area contributed by atoms with Crippen LogP contribution >= 0.6 is 23.6 Å². The van der Waals surface area contributed by atoms with Gasteiger partial charge in [-0.05, 0) is 30.4 Å². The fourth-order valence-corrected chi connectivity index (χ4v) is 2.24. The molecular weight excluding hydrogens is 340 g/mol. The zero-order chi connectivity index (χ0) is 15.8. The van der Waals surface area contributed by atoms with E-state index in [1.165, 1.54) is 0 Å². The number of nitrogens with one attached hydrogen (secondary N) is 2. The van der Waals surface area contributed by atoms with Crippen LogP contribution in [-0.4, -0.2) is 10.2 Å². The molecule has 0 saturated heterocycles. The van der Waals surface area contributed by atoms with Crippen molar-refractivity contribution in [2.24, 2.45) is 0 Å². The van der Waals surface area contributed by atoms with Crippen molar-refractivity contribution >= 4 is 34.4 Å². The Hall–Kier alpha value is -1.62. The van der Waals surface area contributed by atoms with Gasteiger partial charge in [-0.3, -0.25) is 5.10 Å². The van der Waals surface area contributed by atoms with Crippen LogP contribution in [0.3, 0.4) is 0 Å². The second kappa shape index (κ2) is 5.30. The van der Waals surface area contributed by atoms with Gasteiger partial charge in [0.2, 0.25) is 5.13 Å². The molecule has 2 rings (SSSR count). The Morgan fingerprint density at radius 2 is 1.52 bits per heavy atom. The molecule has 0 amide bonds. The number of alkyl halides is 6. The first-order valence-corrected chi connectivity index (χ1v) is 6.40. The van der Waals surface area contributed by atoms with Gasteiger partial charge >= 0.3 is 12.4 Å². The lowest BCUT2D eigenvalue weighted by Gasteiger charge is -2.14. The molecule has 0 bridgehead atoms. The van der Waals surface area contributed by atoms with Crippen LogP contribution < -0.4 is 5.32 Å². The largest absolute Gasteiger partial charge is 0.416 e. The molecule has 0 atom stereocenters. The summed E-state index contributed by atoms with van der Waals surface area (Å²) < 4.78 is 76.1. The van der Waals surface area contributed by atoms with E-state index in [2.05, 4.69) is 15.5 Å². The lowest BCUT2D eigenvalue weighted by atomic mass is 10.1. The van der Waals surface area contributed by atoms with Crippen molar-refractivity contribution in [3.63, 3.8) is 0 Å². The minimum absolute atomic E-state index is 0.0532. The van der Waals surface area contributed by atoms with Crippen molar-refractivity contribution in [2.75, 3.05) is 5.32 Å². The van der Waals surface area contributed by atoms with Crippen molar-refractivity contribution in [1.82, 2.24) is 10.2 Å². The van der Waals surface area contributed by atoms with E-state index in [0.29, 0.717) is 12.1 Å². The van der Waals surface area contributed by atoms with Crippen molar-refractivity contribution in [3.05, 3.63) is 33.3 Å². The van der Waals surface area contributed by atoms with E-state index in [4.69, 9.17) is 12.2 Å². The maximum atomic E-state index is 12.6. The predicted octanol–water partition coefficient (Wildman–Crippen LogP) is 4.98. The summed E-state index contributed by atoms with van der Waals surface area (Å²) in [5, 5.41) is 8.39. The van der Waals surface area contributed by atoms with Crippen LogP contribution in [0.2, 0.25) is 0 Å². The first kappa shape index (κ1) is 15.8. The van der Waals surface area contributed by atoms with Crippen molar-refractivity contribution in [2.45, 2.75) is 12.4 Å². The van der Waals surface area contributed by atoms with Crippen LogP contribution in [0.5, 0.6) is 0 Å². The Bertz CT molecular complexity index is 668. The summed E-state index contributed by atoms with van der Waals surface area (Å²) in [6.45, 7) is 0. The smallest absolute Gasteiger partial charge is 0.330 e. The summed E-state index contributed by atoms with van der Waals surface area (Å²) in [6, 6.07) is 1.19. The van der Waals surface area contributed by atoms with Crippen LogP contribution in [-0.2, 0) is 12.4 Å². The standard InChI is InChI=1S/C10H5F6N3S2/c11-9(12,13)4-1-5(10(14,15)16)3-6(2-4)17-7-18-19-8(20)21-7/h1-3H,(H,17,18)(H,19,20). The monoisotopic (exact) mass is 345 g/mol. The molecule has 0 aliphatic rings. The Morgan fingerprint density at radius 3 is 1.90 bits per heavy atom. The number of nitrogens with zero attached hydrogens (tertiary/aromatic N) is 1. The Labute approximate surface area is 122 Å². The minimum atomic E-state index is -4.89. The molecule has 0 saturated carbocycles. The van der Waals surface area contributed by atoms with Crippen LogP contribution in [0, 0.1) is 3.95 Å². The molecule has 11 heteroatoms. The second-order valence-electron chi connectivity index (χ2n) is 3.84. The van der Waals surface area contributed by atoms with Gasteiger partial charge in [-0.15, -0.1) is 5.10 Å². The van der Waals surface area contributed by atoms with Gasteiger partial charge in [-0.2, -0.15) is 26.3 Å². The highest BCUT2D eigenvalue weighted by Crippen LogP contribution is 2.38. The molecule has 2 N–H and O–H groups in total. The molecule has 2 aromatic rings. The van der Waals surface area contributed by atoms with Gasteiger partial charge in [0.25, 0.3) is 0 Å². The molecule has 0 unspecified atom stereocenters.